The molecule has 0 unspecified atom stereocenters. The van der Waals surface area contributed by atoms with Crippen molar-refractivity contribution >= 4 is 0 Å². The van der Waals surface area contributed by atoms with E-state index >= 15 is 0 Å². The Morgan fingerprint density at radius 2 is 1.35 bits per heavy atom. The molecule has 1 atom stereocenters. The topological polar surface area (TPSA) is 35.5 Å². The molecule has 1 fully saturated rings. The van der Waals surface area contributed by atoms with Crippen LogP contribution in [0.3, 0.4) is 0 Å². The van der Waals surface area contributed by atoms with Gasteiger partial charge in [0.2, 0.25) is 5.82 Å². The summed E-state index contributed by atoms with van der Waals surface area (Å²) < 4.78 is 95.6. The summed E-state index contributed by atoms with van der Waals surface area (Å²) >= 11 is 0. The third kappa shape index (κ3) is 3.15. The molecule has 0 aliphatic carbocycles. The molecule has 130 valence electrons. The molecule has 0 aromatic heterocycles. The molecule has 1 aromatic carbocycles. The zero-order valence-electron chi connectivity index (χ0n) is 11.7. The monoisotopic (exact) mass is 346 g/mol. The van der Waals surface area contributed by atoms with E-state index in [2.05, 4.69) is 5.32 Å². The predicted octanol–water partition coefficient (Wildman–Crippen LogP) is 1.96. The van der Waals surface area contributed by atoms with E-state index in [9.17, 15) is 30.7 Å². The van der Waals surface area contributed by atoms with Gasteiger partial charge in [-0.3, -0.25) is 4.90 Å². The lowest BCUT2D eigenvalue weighted by Crippen LogP contribution is -2.51. The van der Waals surface area contributed by atoms with Crippen molar-refractivity contribution in [2.45, 2.75) is 12.0 Å². The van der Waals surface area contributed by atoms with Gasteiger partial charge >= 0.3 is 0 Å². The van der Waals surface area contributed by atoms with Crippen LogP contribution < -0.4 is 5.32 Å². The van der Waals surface area contributed by atoms with Crippen LogP contribution in [0.2, 0.25) is 0 Å². The van der Waals surface area contributed by atoms with Crippen molar-refractivity contribution in [1.29, 1.82) is 0 Å². The van der Waals surface area contributed by atoms with Gasteiger partial charge in [-0.25, -0.2) is 30.7 Å². The van der Waals surface area contributed by atoms with Crippen molar-refractivity contribution in [1.82, 2.24) is 10.2 Å². The largest absolute Gasteiger partial charge is 0.390 e. The fraction of sp³-hybridized carbons (Fsp3) is 0.538. The molecule has 0 spiro atoms. The minimum Gasteiger partial charge on any atom is -0.390 e. The highest BCUT2D eigenvalue weighted by Crippen LogP contribution is 2.40. The Morgan fingerprint density at radius 3 is 1.78 bits per heavy atom. The molecule has 0 bridgehead atoms. The van der Waals surface area contributed by atoms with Crippen molar-refractivity contribution < 1.29 is 35.8 Å². The maximum absolute atomic E-state index is 14.0. The zero-order chi connectivity index (χ0) is 17.4. The normalized spacial score (nSPS) is 18.3. The van der Waals surface area contributed by atoms with E-state index in [1.165, 1.54) is 0 Å². The predicted molar refractivity (Wildman–Crippen MR) is 65.4 cm³/mol. The number of benzene rings is 1. The first kappa shape index (κ1) is 18.0. The fourth-order valence-corrected chi connectivity index (χ4v) is 2.55. The third-order valence-electron chi connectivity index (χ3n) is 3.64. The number of halogens is 7. The summed E-state index contributed by atoms with van der Waals surface area (Å²) in [5, 5.41) is 11.6. The van der Waals surface area contributed by atoms with E-state index < -0.39 is 53.2 Å². The van der Waals surface area contributed by atoms with Crippen LogP contribution in [0.5, 0.6) is 0 Å². The quantitative estimate of drug-likeness (QED) is 0.497. The molecule has 0 radical (unpaired) electrons. The zero-order valence-corrected chi connectivity index (χ0v) is 11.7. The van der Waals surface area contributed by atoms with Crippen LogP contribution in [0.1, 0.15) is 11.6 Å². The molecular formula is C13H13F7N2O. The van der Waals surface area contributed by atoms with E-state index in [-0.39, 0.29) is 26.2 Å². The Kier molecular flexibility index (Phi) is 5.17. The molecule has 2 N–H and O–H groups in total. The van der Waals surface area contributed by atoms with E-state index in [4.69, 9.17) is 5.11 Å². The van der Waals surface area contributed by atoms with E-state index in [0.717, 1.165) is 4.90 Å². The van der Waals surface area contributed by atoms with Crippen LogP contribution in [-0.4, -0.2) is 48.7 Å². The molecule has 1 aliphatic heterocycles. The van der Waals surface area contributed by atoms with Crippen LogP contribution in [0.15, 0.2) is 0 Å². The van der Waals surface area contributed by atoms with Crippen LogP contribution in [0.4, 0.5) is 30.7 Å². The standard InChI is InChI=1S/C13H13F7N2O/c14-7-6(8(15)10(17)11(18)9(7)16)12(13(19,20)5-23)22-3-1-21-2-4-22/h12,21,23H,1-5H2/t12-/m0/s1. The lowest BCUT2D eigenvalue weighted by molar-refractivity contribution is -0.120. The third-order valence-corrected chi connectivity index (χ3v) is 3.64. The lowest BCUT2D eigenvalue weighted by atomic mass is 9.96. The van der Waals surface area contributed by atoms with Crippen LogP contribution in [0.25, 0.3) is 0 Å². The Labute approximate surface area is 126 Å². The SMILES string of the molecule is OCC(F)(F)[C@H](c1c(F)c(F)c(F)c(F)c1F)N1CCNCC1. The minimum atomic E-state index is -4.10. The van der Waals surface area contributed by atoms with Crippen LogP contribution in [0, 0.1) is 29.1 Å². The van der Waals surface area contributed by atoms with Gasteiger partial charge in [-0.05, 0) is 0 Å². The highest BCUT2D eigenvalue weighted by molar-refractivity contribution is 5.29. The highest BCUT2D eigenvalue weighted by Gasteiger charge is 2.48. The average molecular weight is 346 g/mol. The van der Waals surface area contributed by atoms with Gasteiger partial charge in [0.1, 0.15) is 12.6 Å². The second-order valence-electron chi connectivity index (χ2n) is 5.09. The van der Waals surface area contributed by atoms with E-state index in [1.54, 1.807) is 0 Å². The molecule has 1 saturated heterocycles. The van der Waals surface area contributed by atoms with Crippen molar-refractivity contribution in [3.8, 4) is 0 Å². The molecule has 2 rings (SSSR count). The van der Waals surface area contributed by atoms with Crippen molar-refractivity contribution in [3.05, 3.63) is 34.6 Å². The number of rotatable bonds is 4. The highest BCUT2D eigenvalue weighted by atomic mass is 19.3. The molecule has 0 amide bonds. The number of aliphatic hydroxyl groups excluding tert-OH is 1. The smallest absolute Gasteiger partial charge is 0.290 e. The van der Waals surface area contributed by atoms with Gasteiger partial charge in [-0.2, -0.15) is 0 Å². The number of aliphatic hydroxyl groups is 1. The van der Waals surface area contributed by atoms with Crippen molar-refractivity contribution in [2.75, 3.05) is 32.8 Å². The van der Waals surface area contributed by atoms with Crippen molar-refractivity contribution in [3.63, 3.8) is 0 Å². The molecule has 0 saturated carbocycles. The first-order chi connectivity index (χ1) is 10.7. The van der Waals surface area contributed by atoms with Gasteiger partial charge in [0.15, 0.2) is 23.3 Å². The summed E-state index contributed by atoms with van der Waals surface area (Å²) in [5.74, 6) is -15.8. The fourth-order valence-electron chi connectivity index (χ4n) is 2.55. The number of nitrogens with one attached hydrogen (secondary N) is 1. The summed E-state index contributed by atoms with van der Waals surface area (Å²) in [6.45, 7) is -1.65. The first-order valence-corrected chi connectivity index (χ1v) is 6.67. The number of nitrogens with zero attached hydrogens (tertiary/aromatic N) is 1. The molecule has 1 aromatic rings. The maximum atomic E-state index is 14.0. The molecule has 10 heteroatoms. The second kappa shape index (κ2) is 6.62. The second-order valence-corrected chi connectivity index (χ2v) is 5.09. The Hall–Kier alpha value is -1.39. The van der Waals surface area contributed by atoms with Gasteiger partial charge < -0.3 is 10.4 Å². The molecule has 23 heavy (non-hydrogen) atoms. The Bertz CT molecular complexity index is 561. The van der Waals surface area contributed by atoms with Crippen molar-refractivity contribution in [2.24, 2.45) is 0 Å². The summed E-state index contributed by atoms with van der Waals surface area (Å²) in [7, 11) is 0. The summed E-state index contributed by atoms with van der Waals surface area (Å²) in [5.41, 5.74) is -1.64. The summed E-state index contributed by atoms with van der Waals surface area (Å²) in [6, 6.07) is -2.47. The molecule has 1 heterocycles. The van der Waals surface area contributed by atoms with Gasteiger partial charge in [-0.1, -0.05) is 0 Å². The summed E-state index contributed by atoms with van der Waals surface area (Å²) in [4.78, 5) is 0.880. The average Bonchev–Trinajstić information content (AvgIpc) is 2.55. The molecular weight excluding hydrogens is 333 g/mol. The minimum absolute atomic E-state index is 0.111. The maximum Gasteiger partial charge on any atom is 0.290 e. The Balaban J connectivity index is 2.65. The summed E-state index contributed by atoms with van der Waals surface area (Å²) in [6.07, 6.45) is 0. The number of hydrogen-bond acceptors (Lipinski definition) is 3. The first-order valence-electron chi connectivity index (χ1n) is 6.67. The van der Waals surface area contributed by atoms with E-state index in [1.807, 2.05) is 0 Å². The Morgan fingerprint density at radius 1 is 0.913 bits per heavy atom. The van der Waals surface area contributed by atoms with Crippen LogP contribution >= 0.6 is 0 Å². The number of hydrogen-bond donors (Lipinski definition) is 2. The van der Waals surface area contributed by atoms with Gasteiger partial charge in [-0.15, -0.1) is 0 Å². The molecule has 1 aliphatic rings. The lowest BCUT2D eigenvalue weighted by Gasteiger charge is -2.38. The van der Waals surface area contributed by atoms with Gasteiger partial charge in [0.05, 0.1) is 5.56 Å². The number of alkyl halides is 2. The van der Waals surface area contributed by atoms with Gasteiger partial charge in [0, 0.05) is 26.2 Å². The van der Waals surface area contributed by atoms with Gasteiger partial charge in [0.25, 0.3) is 5.92 Å². The van der Waals surface area contributed by atoms with E-state index in [0.29, 0.717) is 0 Å². The van der Waals surface area contributed by atoms with Crippen LogP contribution in [-0.2, 0) is 0 Å². The molecule has 3 nitrogen and oxygen atoms in total. The number of piperazine rings is 1.